The van der Waals surface area contributed by atoms with Gasteiger partial charge < -0.3 is 9.64 Å². The van der Waals surface area contributed by atoms with Gasteiger partial charge in [-0.1, -0.05) is 6.92 Å². The van der Waals surface area contributed by atoms with Crippen LogP contribution in [0.2, 0.25) is 0 Å². The predicted molar refractivity (Wildman–Crippen MR) is 85.5 cm³/mol. The van der Waals surface area contributed by atoms with Crippen molar-refractivity contribution in [3.05, 3.63) is 16.3 Å². The van der Waals surface area contributed by atoms with Crippen LogP contribution in [0.15, 0.2) is 4.79 Å². The van der Waals surface area contributed by atoms with Crippen molar-refractivity contribution in [2.75, 3.05) is 26.8 Å². The van der Waals surface area contributed by atoms with Gasteiger partial charge in [0.2, 0.25) is 5.91 Å². The molecule has 1 atom stereocenters. The Labute approximate surface area is 136 Å². The molecule has 0 N–H and O–H groups in total. The first-order valence-corrected chi connectivity index (χ1v) is 8.61. The molecule has 7 heteroatoms. The molecule has 1 aliphatic heterocycles. The largest absolute Gasteiger partial charge is 0.383 e. The highest BCUT2D eigenvalue weighted by Gasteiger charge is 2.34. The van der Waals surface area contributed by atoms with E-state index >= 15 is 0 Å². The van der Waals surface area contributed by atoms with Crippen molar-refractivity contribution in [1.29, 1.82) is 0 Å². The molecule has 0 bridgehead atoms. The zero-order chi connectivity index (χ0) is 16.4. The van der Waals surface area contributed by atoms with E-state index in [1.165, 1.54) is 4.68 Å². The quantitative estimate of drug-likeness (QED) is 0.787. The summed E-state index contributed by atoms with van der Waals surface area (Å²) in [5.41, 5.74) is -0.0292. The van der Waals surface area contributed by atoms with Gasteiger partial charge in [0.1, 0.15) is 5.82 Å². The average Bonchev–Trinajstić information content (AvgIpc) is 3.36. The molecular weight excluding hydrogens is 296 g/mol. The van der Waals surface area contributed by atoms with Crippen LogP contribution >= 0.6 is 0 Å². The molecule has 1 saturated carbocycles. The molecule has 0 aromatic carbocycles. The van der Waals surface area contributed by atoms with E-state index in [4.69, 9.17) is 4.74 Å². The summed E-state index contributed by atoms with van der Waals surface area (Å²) in [6, 6.07) is 0.297. The van der Waals surface area contributed by atoms with E-state index in [0.29, 0.717) is 32.2 Å². The third-order valence-electron chi connectivity index (χ3n) is 4.76. The van der Waals surface area contributed by atoms with Gasteiger partial charge in [-0.15, -0.1) is 0 Å². The van der Waals surface area contributed by atoms with Gasteiger partial charge in [-0.2, -0.15) is 5.10 Å². The van der Waals surface area contributed by atoms with Gasteiger partial charge >= 0.3 is 5.69 Å². The standard InChI is InChI=1S/C16H26N4O3/c1-3-14(21)18-8-4-5-12(11-18)15-17-19(9-10-23-2)16(22)20(15)13-6-7-13/h12-13H,3-11H2,1-2H3. The molecule has 1 unspecified atom stereocenters. The van der Waals surface area contributed by atoms with Crippen LogP contribution < -0.4 is 5.69 Å². The van der Waals surface area contributed by atoms with E-state index in [-0.39, 0.29) is 17.5 Å². The van der Waals surface area contributed by atoms with E-state index in [2.05, 4.69) is 5.10 Å². The number of nitrogens with zero attached hydrogens (tertiary/aromatic N) is 4. The lowest BCUT2D eigenvalue weighted by molar-refractivity contribution is -0.132. The van der Waals surface area contributed by atoms with Crippen LogP contribution in [-0.2, 0) is 16.1 Å². The fourth-order valence-electron chi connectivity index (χ4n) is 3.35. The van der Waals surface area contributed by atoms with Gasteiger partial charge in [-0.3, -0.25) is 9.36 Å². The van der Waals surface area contributed by atoms with Crippen LogP contribution in [0.1, 0.15) is 56.8 Å². The maximum absolute atomic E-state index is 12.6. The predicted octanol–water partition coefficient (Wildman–Crippen LogP) is 1.14. The lowest BCUT2D eigenvalue weighted by atomic mass is 9.97. The van der Waals surface area contributed by atoms with Crippen molar-refractivity contribution in [3.63, 3.8) is 0 Å². The van der Waals surface area contributed by atoms with Crippen molar-refractivity contribution in [2.45, 2.75) is 57.5 Å². The second-order valence-corrected chi connectivity index (χ2v) is 6.49. The molecule has 1 aliphatic carbocycles. The van der Waals surface area contributed by atoms with Crippen LogP contribution in [-0.4, -0.2) is 52.0 Å². The van der Waals surface area contributed by atoms with Gasteiger partial charge in [0.15, 0.2) is 0 Å². The molecule has 0 spiro atoms. The van der Waals surface area contributed by atoms with Gasteiger partial charge in [0, 0.05) is 38.6 Å². The second-order valence-electron chi connectivity index (χ2n) is 6.49. The molecule has 1 aromatic heterocycles. The van der Waals surface area contributed by atoms with Gasteiger partial charge in [0.25, 0.3) is 0 Å². The summed E-state index contributed by atoms with van der Waals surface area (Å²) in [6.45, 7) is 4.35. The molecule has 1 amide bonds. The number of amides is 1. The number of rotatable bonds is 6. The maximum Gasteiger partial charge on any atom is 0.346 e. The first kappa shape index (κ1) is 16.2. The van der Waals surface area contributed by atoms with E-state index in [9.17, 15) is 9.59 Å². The van der Waals surface area contributed by atoms with Crippen LogP contribution in [0, 0.1) is 0 Å². The molecule has 1 saturated heterocycles. The molecule has 128 valence electrons. The molecule has 0 radical (unpaired) electrons. The summed E-state index contributed by atoms with van der Waals surface area (Å²) in [5, 5.41) is 4.60. The Morgan fingerprint density at radius 3 is 2.78 bits per heavy atom. The Hall–Kier alpha value is -1.63. The van der Waals surface area contributed by atoms with Crippen LogP contribution in [0.25, 0.3) is 0 Å². The number of carbonyl (C=O) groups is 1. The Bertz CT molecular complexity index is 617. The molecule has 2 heterocycles. The zero-order valence-corrected chi connectivity index (χ0v) is 14.0. The Morgan fingerprint density at radius 1 is 1.35 bits per heavy atom. The fourth-order valence-corrected chi connectivity index (χ4v) is 3.35. The molecular formula is C16H26N4O3. The smallest absolute Gasteiger partial charge is 0.346 e. The number of piperidine rings is 1. The Morgan fingerprint density at radius 2 is 2.13 bits per heavy atom. The van der Waals surface area contributed by atoms with Crippen molar-refractivity contribution >= 4 is 5.91 Å². The van der Waals surface area contributed by atoms with Crippen molar-refractivity contribution in [1.82, 2.24) is 19.2 Å². The number of methoxy groups -OCH3 is 1. The maximum atomic E-state index is 12.6. The minimum absolute atomic E-state index is 0.0292. The summed E-state index contributed by atoms with van der Waals surface area (Å²) in [4.78, 5) is 26.5. The topological polar surface area (TPSA) is 69.4 Å². The first-order chi connectivity index (χ1) is 11.2. The van der Waals surface area contributed by atoms with Crippen LogP contribution in [0.5, 0.6) is 0 Å². The SMILES string of the molecule is CCC(=O)N1CCCC(c2nn(CCOC)c(=O)n2C2CC2)C1. The van der Waals surface area contributed by atoms with Crippen molar-refractivity contribution < 1.29 is 9.53 Å². The summed E-state index contributed by atoms with van der Waals surface area (Å²) in [7, 11) is 1.62. The van der Waals surface area contributed by atoms with E-state index < -0.39 is 0 Å². The number of hydrogen-bond donors (Lipinski definition) is 0. The highest BCUT2D eigenvalue weighted by molar-refractivity contribution is 5.75. The van der Waals surface area contributed by atoms with Gasteiger partial charge in [-0.05, 0) is 25.7 Å². The van der Waals surface area contributed by atoms with Crippen LogP contribution in [0.4, 0.5) is 0 Å². The minimum atomic E-state index is -0.0292. The van der Waals surface area contributed by atoms with E-state index in [1.54, 1.807) is 7.11 Å². The number of carbonyl (C=O) groups excluding carboxylic acids is 1. The van der Waals surface area contributed by atoms with E-state index in [1.807, 2.05) is 16.4 Å². The average molecular weight is 322 g/mol. The lowest BCUT2D eigenvalue weighted by Gasteiger charge is -2.32. The number of hydrogen-bond acceptors (Lipinski definition) is 4. The van der Waals surface area contributed by atoms with E-state index in [0.717, 1.165) is 38.1 Å². The molecule has 1 aromatic rings. The minimum Gasteiger partial charge on any atom is -0.383 e. The van der Waals surface area contributed by atoms with Gasteiger partial charge in [0.05, 0.1) is 13.2 Å². The fraction of sp³-hybridized carbons (Fsp3) is 0.812. The molecule has 23 heavy (non-hydrogen) atoms. The third kappa shape index (κ3) is 3.34. The summed E-state index contributed by atoms with van der Waals surface area (Å²) >= 11 is 0. The van der Waals surface area contributed by atoms with Crippen LogP contribution in [0.3, 0.4) is 0 Å². The normalized spacial score (nSPS) is 21.7. The highest BCUT2D eigenvalue weighted by atomic mass is 16.5. The Kier molecular flexibility index (Phi) is 4.84. The second kappa shape index (κ2) is 6.86. The monoisotopic (exact) mass is 322 g/mol. The number of aromatic nitrogens is 3. The summed E-state index contributed by atoms with van der Waals surface area (Å²) in [6.07, 6.45) is 4.59. The third-order valence-corrected chi connectivity index (χ3v) is 4.76. The molecule has 3 rings (SSSR count). The summed E-state index contributed by atoms with van der Waals surface area (Å²) in [5.74, 6) is 1.22. The van der Waals surface area contributed by atoms with Crippen molar-refractivity contribution in [2.24, 2.45) is 0 Å². The number of likely N-dealkylation sites (tertiary alicyclic amines) is 1. The van der Waals surface area contributed by atoms with Crippen molar-refractivity contribution in [3.8, 4) is 0 Å². The molecule has 7 nitrogen and oxygen atoms in total. The molecule has 2 aliphatic rings. The zero-order valence-electron chi connectivity index (χ0n) is 14.0. The highest BCUT2D eigenvalue weighted by Crippen LogP contribution is 2.37. The first-order valence-electron chi connectivity index (χ1n) is 8.61. The van der Waals surface area contributed by atoms with Gasteiger partial charge in [-0.25, -0.2) is 9.48 Å². The lowest BCUT2D eigenvalue weighted by Crippen LogP contribution is -2.39. The summed E-state index contributed by atoms with van der Waals surface area (Å²) < 4.78 is 8.47. The Balaban J connectivity index is 1.86. The number of ether oxygens (including phenoxy) is 1. The molecule has 2 fully saturated rings.